The Bertz CT molecular complexity index is 474. The van der Waals surface area contributed by atoms with Crippen molar-refractivity contribution < 1.29 is 0 Å². The predicted molar refractivity (Wildman–Crippen MR) is 70.6 cm³/mol. The fourth-order valence-electron chi connectivity index (χ4n) is 2.37. The van der Waals surface area contributed by atoms with Crippen LogP contribution in [0.25, 0.3) is 0 Å². The van der Waals surface area contributed by atoms with Gasteiger partial charge in [-0.25, -0.2) is 0 Å². The lowest BCUT2D eigenvalue weighted by molar-refractivity contribution is 0.569. The van der Waals surface area contributed by atoms with Gasteiger partial charge in [-0.1, -0.05) is 25.1 Å². The number of fused-ring (bicyclic) bond motifs is 1. The maximum Gasteiger partial charge on any atom is 0.0552 e. The van der Waals surface area contributed by atoms with Crippen molar-refractivity contribution in [1.82, 2.24) is 0 Å². The van der Waals surface area contributed by atoms with Crippen molar-refractivity contribution in [3.05, 3.63) is 46.7 Å². The van der Waals surface area contributed by atoms with Crippen LogP contribution in [0.1, 0.15) is 11.8 Å². The summed E-state index contributed by atoms with van der Waals surface area (Å²) in [6.45, 7) is 3.46. The van der Waals surface area contributed by atoms with Gasteiger partial charge in [0, 0.05) is 17.1 Å². The third-order valence-corrected chi connectivity index (χ3v) is 4.04. The molecule has 1 aromatic carbocycles. The van der Waals surface area contributed by atoms with Crippen LogP contribution >= 0.6 is 11.3 Å². The molecule has 2 heteroatoms. The molecule has 0 amide bonds. The molecule has 0 aliphatic carbocycles. The maximum atomic E-state index is 2.44. The van der Waals surface area contributed by atoms with Crippen LogP contribution in [0.3, 0.4) is 0 Å². The third-order valence-electron chi connectivity index (χ3n) is 3.11. The molecular weight excluding hydrogens is 214 g/mol. The highest BCUT2D eigenvalue weighted by Gasteiger charge is 2.23. The van der Waals surface area contributed by atoms with Crippen LogP contribution < -0.4 is 4.90 Å². The minimum Gasteiger partial charge on any atom is -0.340 e. The van der Waals surface area contributed by atoms with E-state index in [4.69, 9.17) is 0 Å². The standard InChI is InChI=1S/C14H15NS/c1-11-9-14-13(7-8-16-14)15(10-11)12-5-3-2-4-6-12/h2-8,11H,9-10H2,1H3. The summed E-state index contributed by atoms with van der Waals surface area (Å²) in [6, 6.07) is 12.9. The second-order valence-corrected chi connectivity index (χ2v) is 5.49. The Morgan fingerprint density at radius 2 is 2.00 bits per heavy atom. The smallest absolute Gasteiger partial charge is 0.0552 e. The van der Waals surface area contributed by atoms with Gasteiger partial charge in [-0.05, 0) is 35.9 Å². The molecule has 1 atom stereocenters. The monoisotopic (exact) mass is 229 g/mol. The lowest BCUT2D eigenvalue weighted by Gasteiger charge is -2.32. The van der Waals surface area contributed by atoms with E-state index in [-0.39, 0.29) is 0 Å². The normalized spacial score (nSPS) is 19.6. The Morgan fingerprint density at radius 3 is 2.81 bits per heavy atom. The van der Waals surface area contributed by atoms with Gasteiger partial charge in [-0.2, -0.15) is 0 Å². The third kappa shape index (κ3) is 1.63. The quantitative estimate of drug-likeness (QED) is 0.712. The first kappa shape index (κ1) is 9.91. The lowest BCUT2D eigenvalue weighted by atomic mass is 10.00. The Labute approximate surface area is 100 Å². The number of nitrogens with zero attached hydrogens (tertiary/aromatic N) is 1. The fraction of sp³-hybridized carbons (Fsp3) is 0.286. The molecule has 0 N–H and O–H groups in total. The highest BCUT2D eigenvalue weighted by molar-refractivity contribution is 7.10. The van der Waals surface area contributed by atoms with Gasteiger partial charge in [-0.15, -0.1) is 11.3 Å². The van der Waals surface area contributed by atoms with Crippen LogP contribution in [0, 0.1) is 5.92 Å². The van der Waals surface area contributed by atoms with E-state index in [0.29, 0.717) is 0 Å². The van der Waals surface area contributed by atoms with Crippen molar-refractivity contribution in [3.63, 3.8) is 0 Å². The number of hydrogen-bond donors (Lipinski definition) is 0. The van der Waals surface area contributed by atoms with Crippen LogP contribution in [-0.2, 0) is 6.42 Å². The number of rotatable bonds is 1. The van der Waals surface area contributed by atoms with Gasteiger partial charge in [0.25, 0.3) is 0 Å². The van der Waals surface area contributed by atoms with E-state index >= 15 is 0 Å². The molecule has 2 heterocycles. The molecule has 3 rings (SSSR count). The SMILES string of the molecule is CC1Cc2sccc2N(c2ccccc2)C1. The van der Waals surface area contributed by atoms with E-state index in [1.54, 1.807) is 0 Å². The van der Waals surface area contributed by atoms with Gasteiger partial charge < -0.3 is 4.90 Å². The summed E-state index contributed by atoms with van der Waals surface area (Å²) in [4.78, 5) is 3.97. The van der Waals surface area contributed by atoms with E-state index in [9.17, 15) is 0 Å². The molecule has 0 spiro atoms. The van der Waals surface area contributed by atoms with Crippen molar-refractivity contribution in [1.29, 1.82) is 0 Å². The summed E-state index contributed by atoms with van der Waals surface area (Å²) in [5.74, 6) is 0.742. The molecule has 0 fully saturated rings. The van der Waals surface area contributed by atoms with Crippen molar-refractivity contribution >= 4 is 22.7 Å². The Kier molecular flexibility index (Phi) is 2.44. The molecule has 82 valence electrons. The van der Waals surface area contributed by atoms with Crippen LogP contribution in [-0.4, -0.2) is 6.54 Å². The average Bonchev–Trinajstić information content (AvgIpc) is 2.77. The summed E-state index contributed by atoms with van der Waals surface area (Å²) in [5, 5.41) is 2.21. The van der Waals surface area contributed by atoms with Gasteiger partial charge in [0.2, 0.25) is 0 Å². The minimum absolute atomic E-state index is 0.742. The van der Waals surface area contributed by atoms with E-state index in [1.165, 1.54) is 22.7 Å². The second-order valence-electron chi connectivity index (χ2n) is 4.48. The first-order chi connectivity index (χ1) is 7.84. The molecule has 0 saturated heterocycles. The number of benzene rings is 1. The van der Waals surface area contributed by atoms with Crippen molar-refractivity contribution in [2.75, 3.05) is 11.4 Å². The van der Waals surface area contributed by atoms with Crippen molar-refractivity contribution in [2.24, 2.45) is 5.92 Å². The van der Waals surface area contributed by atoms with Crippen molar-refractivity contribution in [2.45, 2.75) is 13.3 Å². The number of para-hydroxylation sites is 1. The largest absolute Gasteiger partial charge is 0.340 e. The molecule has 1 unspecified atom stereocenters. The van der Waals surface area contributed by atoms with Gasteiger partial charge >= 0.3 is 0 Å². The van der Waals surface area contributed by atoms with E-state index in [2.05, 4.69) is 53.6 Å². The first-order valence-corrected chi connectivity index (χ1v) is 6.61. The van der Waals surface area contributed by atoms with Crippen LogP contribution in [0.2, 0.25) is 0 Å². The van der Waals surface area contributed by atoms with Gasteiger partial charge in [0.15, 0.2) is 0 Å². The molecule has 0 saturated carbocycles. The molecule has 2 aromatic rings. The summed E-state index contributed by atoms with van der Waals surface area (Å²) in [5.41, 5.74) is 2.73. The second kappa shape index (κ2) is 3.95. The number of hydrogen-bond acceptors (Lipinski definition) is 2. The maximum absolute atomic E-state index is 2.44. The molecule has 1 aromatic heterocycles. The zero-order valence-corrected chi connectivity index (χ0v) is 10.2. The van der Waals surface area contributed by atoms with E-state index < -0.39 is 0 Å². The van der Waals surface area contributed by atoms with Crippen molar-refractivity contribution in [3.8, 4) is 0 Å². The summed E-state index contributed by atoms with van der Waals surface area (Å²) >= 11 is 1.89. The minimum atomic E-state index is 0.742. The molecule has 1 aliphatic heterocycles. The Balaban J connectivity index is 2.04. The number of thiophene rings is 1. The van der Waals surface area contributed by atoms with Crippen LogP contribution in [0.5, 0.6) is 0 Å². The molecule has 1 aliphatic rings. The molecular formula is C14H15NS. The summed E-state index contributed by atoms with van der Waals surface area (Å²) in [6.07, 6.45) is 1.23. The van der Waals surface area contributed by atoms with Gasteiger partial charge in [0.1, 0.15) is 0 Å². The van der Waals surface area contributed by atoms with Gasteiger partial charge in [0.05, 0.1) is 5.69 Å². The topological polar surface area (TPSA) is 3.24 Å². The highest BCUT2D eigenvalue weighted by Crippen LogP contribution is 2.38. The fourth-order valence-corrected chi connectivity index (χ4v) is 3.41. The molecule has 0 bridgehead atoms. The van der Waals surface area contributed by atoms with E-state index in [1.807, 2.05) is 11.3 Å². The highest BCUT2D eigenvalue weighted by atomic mass is 32.1. The predicted octanol–water partition coefficient (Wildman–Crippen LogP) is 4.08. The van der Waals surface area contributed by atoms with E-state index in [0.717, 1.165) is 12.5 Å². The first-order valence-electron chi connectivity index (χ1n) is 5.73. The van der Waals surface area contributed by atoms with Crippen LogP contribution in [0.4, 0.5) is 11.4 Å². The molecule has 16 heavy (non-hydrogen) atoms. The number of anilines is 2. The molecule has 0 radical (unpaired) electrons. The zero-order chi connectivity index (χ0) is 11.0. The Hall–Kier alpha value is -1.28. The molecule has 1 nitrogen and oxygen atoms in total. The summed E-state index contributed by atoms with van der Waals surface area (Å²) in [7, 11) is 0. The van der Waals surface area contributed by atoms with Gasteiger partial charge in [-0.3, -0.25) is 0 Å². The zero-order valence-electron chi connectivity index (χ0n) is 9.39. The Morgan fingerprint density at radius 1 is 1.19 bits per heavy atom. The lowest BCUT2D eigenvalue weighted by Crippen LogP contribution is -2.29. The summed E-state index contributed by atoms with van der Waals surface area (Å²) < 4.78 is 0. The average molecular weight is 229 g/mol. The van der Waals surface area contributed by atoms with Crippen LogP contribution in [0.15, 0.2) is 41.8 Å².